The molecule has 2 heterocycles. The van der Waals surface area contributed by atoms with Gasteiger partial charge in [0, 0.05) is 16.1 Å². The number of nitrogens with zero attached hydrogens (tertiary/aromatic N) is 3. The summed E-state index contributed by atoms with van der Waals surface area (Å²) in [6.45, 7) is 0. The molecular weight excluding hydrogens is 400 g/mol. The smallest absolute Gasteiger partial charge is 0.161 e. The summed E-state index contributed by atoms with van der Waals surface area (Å²) < 4.78 is 3.14. The first-order valence-electron chi connectivity index (χ1n) is 8.64. The van der Waals surface area contributed by atoms with Crippen LogP contribution in [0.5, 0.6) is 0 Å². The molecule has 0 amide bonds. The molecule has 5 heteroatoms. The van der Waals surface area contributed by atoms with Crippen LogP contribution in [0.4, 0.5) is 0 Å². The quantitative estimate of drug-likeness (QED) is 0.402. The number of nitrogens with one attached hydrogen (secondary N) is 1. The molecule has 0 radical (unpaired) electrons. The van der Waals surface area contributed by atoms with E-state index in [4.69, 9.17) is 4.98 Å². The van der Waals surface area contributed by atoms with Crippen molar-refractivity contribution in [1.29, 1.82) is 0 Å². The molecule has 3 aromatic carbocycles. The SMILES string of the molecule is Brc1ccc(-c2nc3ccccc3n2-c2cc(-c3ccccc3)[nH]n2)cc1. The normalized spacial score (nSPS) is 11.1. The Bertz CT molecular complexity index is 1220. The Kier molecular flexibility index (Phi) is 3.87. The highest BCUT2D eigenvalue weighted by molar-refractivity contribution is 9.10. The predicted molar refractivity (Wildman–Crippen MR) is 112 cm³/mol. The maximum absolute atomic E-state index is 4.86. The molecule has 0 aliphatic rings. The van der Waals surface area contributed by atoms with Gasteiger partial charge in [0.25, 0.3) is 0 Å². The van der Waals surface area contributed by atoms with Gasteiger partial charge in [-0.1, -0.05) is 70.5 Å². The van der Waals surface area contributed by atoms with Crippen LogP contribution in [0.3, 0.4) is 0 Å². The lowest BCUT2D eigenvalue weighted by Crippen LogP contribution is -1.98. The largest absolute Gasteiger partial charge is 0.276 e. The van der Waals surface area contributed by atoms with Crippen molar-refractivity contribution >= 4 is 27.0 Å². The highest BCUT2D eigenvalue weighted by Gasteiger charge is 2.16. The molecule has 0 unspecified atom stereocenters. The second kappa shape index (κ2) is 6.52. The summed E-state index contributed by atoms with van der Waals surface area (Å²) in [6, 6.07) is 28.6. The van der Waals surface area contributed by atoms with Crippen molar-refractivity contribution < 1.29 is 0 Å². The third-order valence-corrected chi connectivity index (χ3v) is 5.07. The van der Waals surface area contributed by atoms with Crippen LogP contribution in [-0.2, 0) is 0 Å². The van der Waals surface area contributed by atoms with Gasteiger partial charge in [-0.2, -0.15) is 5.10 Å². The van der Waals surface area contributed by atoms with E-state index in [1.165, 1.54) is 0 Å². The van der Waals surface area contributed by atoms with Crippen molar-refractivity contribution in [2.24, 2.45) is 0 Å². The van der Waals surface area contributed by atoms with Crippen molar-refractivity contribution in [2.75, 3.05) is 0 Å². The van der Waals surface area contributed by atoms with Crippen molar-refractivity contribution in [3.63, 3.8) is 0 Å². The van der Waals surface area contributed by atoms with E-state index in [1.54, 1.807) is 0 Å². The lowest BCUT2D eigenvalue weighted by Gasteiger charge is -2.06. The Hall–Kier alpha value is -3.18. The second-order valence-electron chi connectivity index (χ2n) is 6.27. The zero-order valence-corrected chi connectivity index (χ0v) is 15.9. The van der Waals surface area contributed by atoms with Crippen molar-refractivity contribution in [2.45, 2.75) is 0 Å². The molecular formula is C22H15BrN4. The van der Waals surface area contributed by atoms with Crippen molar-refractivity contribution in [1.82, 2.24) is 19.7 Å². The van der Waals surface area contributed by atoms with Gasteiger partial charge in [-0.3, -0.25) is 9.67 Å². The maximum Gasteiger partial charge on any atom is 0.161 e. The summed E-state index contributed by atoms with van der Waals surface area (Å²) in [7, 11) is 0. The third kappa shape index (κ3) is 2.86. The number of rotatable bonds is 3. The molecule has 5 aromatic rings. The average Bonchev–Trinajstić information content (AvgIpc) is 3.34. The molecule has 1 N–H and O–H groups in total. The maximum atomic E-state index is 4.86. The Morgan fingerprint density at radius 1 is 0.778 bits per heavy atom. The zero-order valence-electron chi connectivity index (χ0n) is 14.3. The molecule has 27 heavy (non-hydrogen) atoms. The lowest BCUT2D eigenvalue weighted by molar-refractivity contribution is 0.984. The summed E-state index contributed by atoms with van der Waals surface area (Å²) in [4.78, 5) is 4.86. The number of hydrogen-bond donors (Lipinski definition) is 1. The molecule has 2 aromatic heterocycles. The standard InChI is InChI=1S/C22H15BrN4/c23-17-12-10-16(11-13-17)22-24-18-8-4-5-9-20(18)27(22)21-14-19(25-26-21)15-6-2-1-3-7-15/h1-14H,(H,25,26). The Morgan fingerprint density at radius 2 is 1.52 bits per heavy atom. The van der Waals surface area contributed by atoms with Crippen LogP contribution in [-0.4, -0.2) is 19.7 Å². The Labute approximate surface area is 164 Å². The number of halogens is 1. The number of aromatic amines is 1. The summed E-state index contributed by atoms with van der Waals surface area (Å²) in [5.74, 6) is 1.69. The van der Waals surface area contributed by atoms with Crippen LogP contribution in [0.1, 0.15) is 0 Å². The molecule has 4 nitrogen and oxygen atoms in total. The number of hydrogen-bond acceptors (Lipinski definition) is 2. The van der Waals surface area contributed by atoms with Gasteiger partial charge in [0.2, 0.25) is 0 Å². The number of H-pyrrole nitrogens is 1. The van der Waals surface area contributed by atoms with Gasteiger partial charge < -0.3 is 0 Å². The summed E-state index contributed by atoms with van der Waals surface area (Å²) in [5.41, 5.74) is 5.09. The van der Waals surface area contributed by atoms with Gasteiger partial charge in [-0.05, 0) is 29.8 Å². The van der Waals surface area contributed by atoms with Crippen LogP contribution in [0, 0.1) is 0 Å². The van der Waals surface area contributed by atoms with Crippen LogP contribution in [0.25, 0.3) is 39.5 Å². The van der Waals surface area contributed by atoms with E-state index < -0.39 is 0 Å². The Balaban J connectivity index is 1.72. The Morgan fingerprint density at radius 3 is 2.33 bits per heavy atom. The first kappa shape index (κ1) is 16.0. The minimum Gasteiger partial charge on any atom is -0.276 e. The fraction of sp³-hybridized carbons (Fsp3) is 0. The molecule has 0 saturated heterocycles. The average molecular weight is 415 g/mol. The molecule has 0 fully saturated rings. The summed E-state index contributed by atoms with van der Waals surface area (Å²) in [6.07, 6.45) is 0. The molecule has 0 saturated carbocycles. The van der Waals surface area contributed by atoms with Crippen LogP contribution >= 0.6 is 15.9 Å². The van der Waals surface area contributed by atoms with Gasteiger partial charge in [0.15, 0.2) is 5.82 Å². The minimum absolute atomic E-state index is 0.820. The first-order chi connectivity index (χ1) is 13.3. The van der Waals surface area contributed by atoms with Crippen LogP contribution in [0.15, 0.2) is 89.4 Å². The van der Waals surface area contributed by atoms with E-state index in [2.05, 4.69) is 67.1 Å². The fourth-order valence-corrected chi connectivity index (χ4v) is 3.51. The molecule has 0 aliphatic heterocycles. The van der Waals surface area contributed by atoms with E-state index in [-0.39, 0.29) is 0 Å². The highest BCUT2D eigenvalue weighted by atomic mass is 79.9. The minimum atomic E-state index is 0.820. The fourth-order valence-electron chi connectivity index (χ4n) is 3.24. The molecule has 130 valence electrons. The summed E-state index contributed by atoms with van der Waals surface area (Å²) in [5, 5.41) is 7.73. The monoisotopic (exact) mass is 414 g/mol. The van der Waals surface area contributed by atoms with Gasteiger partial charge >= 0.3 is 0 Å². The van der Waals surface area contributed by atoms with Crippen molar-refractivity contribution in [3.8, 4) is 28.5 Å². The van der Waals surface area contributed by atoms with E-state index in [9.17, 15) is 0 Å². The van der Waals surface area contributed by atoms with E-state index >= 15 is 0 Å². The number of fused-ring (bicyclic) bond motifs is 1. The van der Waals surface area contributed by atoms with Gasteiger partial charge in [0.05, 0.1) is 16.7 Å². The molecule has 0 spiro atoms. The van der Waals surface area contributed by atoms with E-state index in [0.29, 0.717) is 0 Å². The molecule has 0 bridgehead atoms. The number of aromatic nitrogens is 4. The zero-order chi connectivity index (χ0) is 18.2. The number of imidazole rings is 1. The van der Waals surface area contributed by atoms with Crippen LogP contribution < -0.4 is 0 Å². The molecule has 5 rings (SSSR count). The highest BCUT2D eigenvalue weighted by Crippen LogP contribution is 2.30. The third-order valence-electron chi connectivity index (χ3n) is 4.54. The van der Waals surface area contributed by atoms with Gasteiger partial charge in [0.1, 0.15) is 5.82 Å². The summed E-state index contributed by atoms with van der Waals surface area (Å²) >= 11 is 3.50. The number of benzene rings is 3. The van der Waals surface area contributed by atoms with E-state index in [0.717, 1.165) is 44.0 Å². The van der Waals surface area contributed by atoms with Crippen LogP contribution in [0.2, 0.25) is 0 Å². The molecule has 0 atom stereocenters. The van der Waals surface area contributed by atoms with Crippen molar-refractivity contribution in [3.05, 3.63) is 89.4 Å². The topological polar surface area (TPSA) is 46.5 Å². The van der Waals surface area contributed by atoms with Gasteiger partial charge in [-0.25, -0.2) is 4.98 Å². The van der Waals surface area contributed by atoms with Gasteiger partial charge in [-0.15, -0.1) is 0 Å². The second-order valence-corrected chi connectivity index (χ2v) is 7.19. The van der Waals surface area contributed by atoms with E-state index in [1.807, 2.05) is 48.5 Å². The first-order valence-corrected chi connectivity index (χ1v) is 9.43. The lowest BCUT2D eigenvalue weighted by atomic mass is 10.1. The number of para-hydroxylation sites is 2. The predicted octanol–water partition coefficient (Wildman–Crippen LogP) is 5.85. The molecule has 0 aliphatic carbocycles.